The molecule has 13 heavy (non-hydrogen) atoms. The summed E-state index contributed by atoms with van der Waals surface area (Å²) in [5, 5.41) is 9.11. The minimum Gasteiger partial charge on any atom is -0.198 e. The largest absolute Gasteiger partial charge is 0.198 e. The van der Waals surface area contributed by atoms with Gasteiger partial charge in [-0.25, -0.2) is 0 Å². The number of hydrogen-bond acceptors (Lipinski definition) is 1. The van der Waals surface area contributed by atoms with E-state index >= 15 is 0 Å². The van der Waals surface area contributed by atoms with Crippen molar-refractivity contribution in [1.29, 1.82) is 5.26 Å². The maximum Gasteiger partial charge on any atom is 0.0692 e. The Bertz CT molecular complexity index is 234. The maximum absolute atomic E-state index is 9.11. The van der Waals surface area contributed by atoms with E-state index in [1.165, 1.54) is 32.1 Å². The first-order valence-electron chi connectivity index (χ1n) is 5.59. The molecule has 0 heterocycles. The molecule has 0 bridgehead atoms. The molecule has 2 fully saturated rings. The number of nitrogens with zero attached hydrogens (tertiary/aromatic N) is 1. The van der Waals surface area contributed by atoms with Gasteiger partial charge in [-0.3, -0.25) is 0 Å². The summed E-state index contributed by atoms with van der Waals surface area (Å²) in [7, 11) is 0. The average Bonchev–Trinajstić information content (AvgIpc) is 2.90. The molecule has 0 aromatic heterocycles. The highest BCUT2D eigenvalue weighted by molar-refractivity contribution is 5.13. The average molecular weight is 177 g/mol. The Hall–Kier alpha value is -0.510. The standard InChI is InChI=1S/C12H19N/c1-9-3-4-11(7-10(9)2)12(8-13)5-6-12/h9-11H,3-7H2,1-2H3. The van der Waals surface area contributed by atoms with Gasteiger partial charge < -0.3 is 0 Å². The molecule has 0 aromatic rings. The third-order valence-corrected chi connectivity index (χ3v) is 4.39. The highest BCUT2D eigenvalue weighted by Crippen LogP contribution is 2.57. The molecule has 1 nitrogen and oxygen atoms in total. The van der Waals surface area contributed by atoms with Crippen LogP contribution in [0.2, 0.25) is 0 Å². The molecule has 3 atom stereocenters. The second kappa shape index (κ2) is 3.01. The molecule has 2 aliphatic carbocycles. The number of nitriles is 1. The molecule has 0 amide bonds. The van der Waals surface area contributed by atoms with Gasteiger partial charge in [0, 0.05) is 0 Å². The van der Waals surface area contributed by atoms with Gasteiger partial charge in [-0.15, -0.1) is 0 Å². The molecule has 72 valence electrons. The van der Waals surface area contributed by atoms with E-state index in [1.54, 1.807) is 0 Å². The van der Waals surface area contributed by atoms with E-state index in [4.69, 9.17) is 5.26 Å². The topological polar surface area (TPSA) is 23.8 Å². The van der Waals surface area contributed by atoms with Crippen LogP contribution < -0.4 is 0 Å². The minimum absolute atomic E-state index is 0.133. The van der Waals surface area contributed by atoms with Crippen LogP contribution in [0.4, 0.5) is 0 Å². The summed E-state index contributed by atoms with van der Waals surface area (Å²) < 4.78 is 0. The highest BCUT2D eigenvalue weighted by Gasteiger charge is 2.50. The lowest BCUT2D eigenvalue weighted by atomic mass is 9.70. The minimum atomic E-state index is 0.133. The molecular weight excluding hydrogens is 158 g/mol. The van der Waals surface area contributed by atoms with Gasteiger partial charge in [0.2, 0.25) is 0 Å². The molecule has 0 saturated heterocycles. The highest BCUT2D eigenvalue weighted by atomic mass is 14.5. The molecule has 3 unspecified atom stereocenters. The van der Waals surface area contributed by atoms with Crippen molar-refractivity contribution in [3.8, 4) is 6.07 Å². The van der Waals surface area contributed by atoms with Gasteiger partial charge in [0.25, 0.3) is 0 Å². The second-order valence-corrected chi connectivity index (χ2v) is 5.23. The third-order valence-electron chi connectivity index (χ3n) is 4.39. The molecule has 1 heteroatoms. The second-order valence-electron chi connectivity index (χ2n) is 5.23. The van der Waals surface area contributed by atoms with Crippen LogP contribution in [-0.2, 0) is 0 Å². The summed E-state index contributed by atoms with van der Waals surface area (Å²) in [5.41, 5.74) is 0.133. The van der Waals surface area contributed by atoms with Crippen molar-refractivity contribution in [1.82, 2.24) is 0 Å². The Balaban J connectivity index is 2.00. The summed E-state index contributed by atoms with van der Waals surface area (Å²) >= 11 is 0. The fraction of sp³-hybridized carbons (Fsp3) is 0.917. The molecule has 0 N–H and O–H groups in total. The smallest absolute Gasteiger partial charge is 0.0692 e. The Morgan fingerprint density at radius 1 is 1.15 bits per heavy atom. The zero-order valence-corrected chi connectivity index (χ0v) is 8.71. The molecular formula is C12H19N. The van der Waals surface area contributed by atoms with Gasteiger partial charge >= 0.3 is 0 Å². The van der Waals surface area contributed by atoms with E-state index in [0.29, 0.717) is 0 Å². The van der Waals surface area contributed by atoms with Crippen LogP contribution in [0.1, 0.15) is 46.0 Å². The van der Waals surface area contributed by atoms with Crippen LogP contribution in [0, 0.1) is 34.5 Å². The molecule has 2 saturated carbocycles. The summed E-state index contributed by atoms with van der Waals surface area (Å²) in [4.78, 5) is 0. The first-order valence-corrected chi connectivity index (χ1v) is 5.59. The molecule has 0 spiro atoms. The van der Waals surface area contributed by atoms with Crippen LogP contribution in [0.25, 0.3) is 0 Å². The van der Waals surface area contributed by atoms with Gasteiger partial charge in [0.15, 0.2) is 0 Å². The monoisotopic (exact) mass is 177 g/mol. The molecule has 0 aliphatic heterocycles. The van der Waals surface area contributed by atoms with Crippen LogP contribution in [0.3, 0.4) is 0 Å². The van der Waals surface area contributed by atoms with Crippen LogP contribution in [-0.4, -0.2) is 0 Å². The van der Waals surface area contributed by atoms with Gasteiger partial charge in [-0.1, -0.05) is 20.3 Å². The van der Waals surface area contributed by atoms with Gasteiger partial charge in [0.1, 0.15) is 0 Å². The van der Waals surface area contributed by atoms with Crippen LogP contribution in [0.15, 0.2) is 0 Å². The quantitative estimate of drug-likeness (QED) is 0.602. The Morgan fingerprint density at radius 2 is 1.85 bits per heavy atom. The first kappa shape index (κ1) is 9.06. The molecule has 2 rings (SSSR count). The number of hydrogen-bond donors (Lipinski definition) is 0. The fourth-order valence-corrected chi connectivity index (χ4v) is 2.80. The summed E-state index contributed by atoms with van der Waals surface area (Å²) in [5.74, 6) is 2.44. The predicted octanol–water partition coefficient (Wildman–Crippen LogP) is 3.36. The van der Waals surface area contributed by atoms with Crippen LogP contribution in [0.5, 0.6) is 0 Å². The SMILES string of the molecule is CC1CCC(C2(C#N)CC2)CC1C. The van der Waals surface area contributed by atoms with E-state index in [1.807, 2.05) is 0 Å². The normalized spacial score (nSPS) is 42.4. The summed E-state index contributed by atoms with van der Waals surface area (Å²) in [6, 6.07) is 2.56. The van der Waals surface area contributed by atoms with E-state index in [9.17, 15) is 0 Å². The van der Waals surface area contributed by atoms with Crippen molar-refractivity contribution < 1.29 is 0 Å². The lowest BCUT2D eigenvalue weighted by Crippen LogP contribution is -2.26. The van der Waals surface area contributed by atoms with E-state index in [0.717, 1.165) is 17.8 Å². The molecule has 2 aliphatic rings. The number of rotatable bonds is 1. The van der Waals surface area contributed by atoms with Gasteiger partial charge in [-0.2, -0.15) is 5.26 Å². The van der Waals surface area contributed by atoms with Crippen molar-refractivity contribution in [3.63, 3.8) is 0 Å². The molecule has 0 radical (unpaired) electrons. The van der Waals surface area contributed by atoms with Crippen LogP contribution >= 0.6 is 0 Å². The third kappa shape index (κ3) is 1.47. The first-order chi connectivity index (χ1) is 6.18. The van der Waals surface area contributed by atoms with Gasteiger partial charge in [-0.05, 0) is 43.4 Å². The zero-order chi connectivity index (χ0) is 9.47. The van der Waals surface area contributed by atoms with Crippen molar-refractivity contribution >= 4 is 0 Å². The van der Waals surface area contributed by atoms with Crippen molar-refractivity contribution in [2.45, 2.75) is 46.0 Å². The lowest BCUT2D eigenvalue weighted by molar-refractivity contribution is 0.168. The fourth-order valence-electron chi connectivity index (χ4n) is 2.80. The molecule has 0 aromatic carbocycles. The zero-order valence-electron chi connectivity index (χ0n) is 8.71. The lowest BCUT2D eigenvalue weighted by Gasteiger charge is -2.34. The Morgan fingerprint density at radius 3 is 2.31 bits per heavy atom. The van der Waals surface area contributed by atoms with Crippen molar-refractivity contribution in [2.75, 3.05) is 0 Å². The summed E-state index contributed by atoms with van der Waals surface area (Å²) in [6.07, 6.45) is 6.30. The van der Waals surface area contributed by atoms with Crippen molar-refractivity contribution in [2.24, 2.45) is 23.2 Å². The summed E-state index contributed by atoms with van der Waals surface area (Å²) in [6.45, 7) is 4.71. The van der Waals surface area contributed by atoms with Gasteiger partial charge in [0.05, 0.1) is 11.5 Å². The van der Waals surface area contributed by atoms with E-state index in [-0.39, 0.29) is 5.41 Å². The van der Waals surface area contributed by atoms with Crippen molar-refractivity contribution in [3.05, 3.63) is 0 Å². The Labute approximate surface area is 81.1 Å². The Kier molecular flexibility index (Phi) is 2.10. The maximum atomic E-state index is 9.11. The predicted molar refractivity (Wildman–Crippen MR) is 52.9 cm³/mol. The van der Waals surface area contributed by atoms with E-state index in [2.05, 4.69) is 19.9 Å². The van der Waals surface area contributed by atoms with E-state index < -0.39 is 0 Å².